The second-order valence-corrected chi connectivity index (χ2v) is 5.87. The molecule has 0 radical (unpaired) electrons. The van der Waals surface area contributed by atoms with Crippen molar-refractivity contribution in [1.29, 1.82) is 0 Å². The Morgan fingerprint density at radius 1 is 1.00 bits per heavy atom. The Morgan fingerprint density at radius 3 is 2.37 bits per heavy atom. The molecule has 2 aromatic carbocycles. The van der Waals surface area contributed by atoms with E-state index < -0.39 is 0 Å². The molecule has 0 saturated carbocycles. The fraction of sp³-hybridized carbons (Fsp3) is 0.381. The van der Waals surface area contributed by atoms with Crippen molar-refractivity contribution in [1.82, 2.24) is 10.6 Å². The Balaban J connectivity index is 0.00000364. The van der Waals surface area contributed by atoms with Crippen LogP contribution in [0.15, 0.2) is 53.5 Å². The number of aliphatic imine (C=N–C) groups is 1. The standard InChI is InChI=1S/C21H29N3O2.HI/c1-4-26-16-18-11-9-17(10-12-18)15-24-21(22-2)23-14-13-19-7-5-6-8-20(19)25-3;/h5-12H,4,13-16H2,1-3H3,(H2,22,23,24);1H. The maximum atomic E-state index is 5.42. The van der Waals surface area contributed by atoms with E-state index in [1.807, 2.05) is 25.1 Å². The lowest BCUT2D eigenvalue weighted by molar-refractivity contribution is 0.134. The largest absolute Gasteiger partial charge is 0.496 e. The summed E-state index contributed by atoms with van der Waals surface area (Å²) in [6.45, 7) is 4.91. The van der Waals surface area contributed by atoms with Gasteiger partial charge in [0.2, 0.25) is 0 Å². The molecule has 0 atom stereocenters. The van der Waals surface area contributed by atoms with Gasteiger partial charge < -0.3 is 20.1 Å². The first-order valence-electron chi connectivity index (χ1n) is 8.98. The van der Waals surface area contributed by atoms with Gasteiger partial charge >= 0.3 is 0 Å². The second kappa shape index (κ2) is 13.4. The average molecular weight is 483 g/mol. The highest BCUT2D eigenvalue weighted by atomic mass is 127. The smallest absolute Gasteiger partial charge is 0.191 e. The first-order chi connectivity index (χ1) is 12.8. The Hall–Kier alpha value is -1.80. The lowest BCUT2D eigenvalue weighted by atomic mass is 10.1. The summed E-state index contributed by atoms with van der Waals surface area (Å²) in [6, 6.07) is 16.5. The molecule has 0 bridgehead atoms. The average Bonchev–Trinajstić information content (AvgIpc) is 2.70. The van der Waals surface area contributed by atoms with Gasteiger partial charge in [0.1, 0.15) is 5.75 Å². The molecule has 0 unspecified atom stereocenters. The fourth-order valence-corrected chi connectivity index (χ4v) is 2.60. The molecule has 6 heteroatoms. The zero-order valence-electron chi connectivity index (χ0n) is 16.3. The summed E-state index contributed by atoms with van der Waals surface area (Å²) in [5.74, 6) is 1.71. The van der Waals surface area contributed by atoms with Gasteiger partial charge in [-0.1, -0.05) is 42.5 Å². The highest BCUT2D eigenvalue weighted by Crippen LogP contribution is 2.17. The van der Waals surface area contributed by atoms with Gasteiger partial charge in [0.15, 0.2) is 5.96 Å². The zero-order chi connectivity index (χ0) is 18.6. The second-order valence-electron chi connectivity index (χ2n) is 5.87. The van der Waals surface area contributed by atoms with Crippen molar-refractivity contribution < 1.29 is 9.47 Å². The van der Waals surface area contributed by atoms with Crippen LogP contribution < -0.4 is 15.4 Å². The first kappa shape index (κ1) is 23.2. The van der Waals surface area contributed by atoms with Gasteiger partial charge in [-0.05, 0) is 36.1 Å². The molecule has 0 aliphatic rings. The van der Waals surface area contributed by atoms with Crippen LogP contribution in [-0.2, 0) is 24.3 Å². The van der Waals surface area contributed by atoms with Gasteiger partial charge in [-0.15, -0.1) is 24.0 Å². The summed E-state index contributed by atoms with van der Waals surface area (Å²) in [4.78, 5) is 4.28. The lowest BCUT2D eigenvalue weighted by Crippen LogP contribution is -2.37. The van der Waals surface area contributed by atoms with Crippen molar-refractivity contribution in [3.05, 3.63) is 65.2 Å². The number of para-hydroxylation sites is 1. The Morgan fingerprint density at radius 2 is 1.70 bits per heavy atom. The molecular weight excluding hydrogens is 453 g/mol. The maximum absolute atomic E-state index is 5.42. The van der Waals surface area contributed by atoms with Crippen LogP contribution in [0.3, 0.4) is 0 Å². The number of methoxy groups -OCH3 is 1. The van der Waals surface area contributed by atoms with Crippen LogP contribution in [0, 0.1) is 0 Å². The quantitative estimate of drug-likeness (QED) is 0.324. The molecule has 27 heavy (non-hydrogen) atoms. The fourth-order valence-electron chi connectivity index (χ4n) is 2.60. The van der Waals surface area contributed by atoms with Gasteiger partial charge in [0, 0.05) is 26.7 Å². The van der Waals surface area contributed by atoms with Crippen LogP contribution in [-0.4, -0.2) is 33.3 Å². The Labute approximate surface area is 179 Å². The minimum absolute atomic E-state index is 0. The highest BCUT2D eigenvalue weighted by Gasteiger charge is 2.03. The number of nitrogens with one attached hydrogen (secondary N) is 2. The normalized spacial score (nSPS) is 10.9. The summed E-state index contributed by atoms with van der Waals surface area (Å²) in [6.07, 6.45) is 0.872. The molecule has 2 rings (SSSR count). The minimum Gasteiger partial charge on any atom is -0.496 e. The van der Waals surface area contributed by atoms with E-state index >= 15 is 0 Å². The van der Waals surface area contributed by atoms with Gasteiger partial charge in [-0.2, -0.15) is 0 Å². The third-order valence-electron chi connectivity index (χ3n) is 4.06. The molecule has 0 heterocycles. The lowest BCUT2D eigenvalue weighted by Gasteiger charge is -2.13. The third-order valence-corrected chi connectivity index (χ3v) is 4.06. The van der Waals surface area contributed by atoms with Crippen LogP contribution in [0.25, 0.3) is 0 Å². The summed E-state index contributed by atoms with van der Waals surface area (Å²) < 4.78 is 10.8. The van der Waals surface area contributed by atoms with Gasteiger partial charge in [0.25, 0.3) is 0 Å². The van der Waals surface area contributed by atoms with Crippen molar-refractivity contribution in [2.75, 3.05) is 27.3 Å². The van der Waals surface area contributed by atoms with Gasteiger partial charge in [-0.3, -0.25) is 4.99 Å². The van der Waals surface area contributed by atoms with Crippen molar-refractivity contribution in [3.63, 3.8) is 0 Å². The highest BCUT2D eigenvalue weighted by molar-refractivity contribution is 14.0. The monoisotopic (exact) mass is 483 g/mol. The Kier molecular flexibility index (Phi) is 11.5. The maximum Gasteiger partial charge on any atom is 0.191 e. The van der Waals surface area contributed by atoms with Gasteiger partial charge in [0.05, 0.1) is 13.7 Å². The topological polar surface area (TPSA) is 54.9 Å². The van der Waals surface area contributed by atoms with E-state index in [1.54, 1.807) is 14.2 Å². The number of guanidine groups is 1. The molecule has 2 N–H and O–H groups in total. The minimum atomic E-state index is 0. The predicted molar refractivity (Wildman–Crippen MR) is 122 cm³/mol. The number of ether oxygens (including phenoxy) is 2. The number of hydrogen-bond donors (Lipinski definition) is 2. The van der Waals surface area contributed by atoms with Gasteiger partial charge in [-0.25, -0.2) is 0 Å². The SMILES string of the molecule is CCOCc1ccc(CNC(=NC)NCCc2ccccc2OC)cc1.I. The molecule has 2 aromatic rings. The van der Waals surface area contributed by atoms with Crippen molar-refractivity contribution in [3.8, 4) is 5.75 Å². The van der Waals surface area contributed by atoms with E-state index in [0.29, 0.717) is 6.61 Å². The van der Waals surface area contributed by atoms with E-state index in [4.69, 9.17) is 9.47 Å². The Bertz CT molecular complexity index is 690. The number of nitrogens with zero attached hydrogens (tertiary/aromatic N) is 1. The summed E-state index contributed by atoms with van der Waals surface area (Å²) >= 11 is 0. The van der Waals surface area contributed by atoms with Crippen LogP contribution in [0.2, 0.25) is 0 Å². The molecule has 0 spiro atoms. The molecule has 0 fully saturated rings. The van der Waals surface area contributed by atoms with Crippen LogP contribution in [0.4, 0.5) is 0 Å². The molecule has 148 valence electrons. The molecule has 0 aliphatic heterocycles. The molecular formula is C21H30IN3O2. The summed E-state index contributed by atoms with van der Waals surface area (Å²) in [7, 11) is 3.48. The van der Waals surface area contributed by atoms with E-state index in [-0.39, 0.29) is 24.0 Å². The van der Waals surface area contributed by atoms with Crippen molar-refractivity contribution in [2.45, 2.75) is 26.5 Å². The summed E-state index contributed by atoms with van der Waals surface area (Å²) in [5, 5.41) is 6.68. The van der Waals surface area contributed by atoms with E-state index in [1.165, 1.54) is 16.7 Å². The van der Waals surface area contributed by atoms with Crippen molar-refractivity contribution in [2.24, 2.45) is 4.99 Å². The first-order valence-corrected chi connectivity index (χ1v) is 8.98. The number of halogens is 1. The molecule has 0 aliphatic carbocycles. The third kappa shape index (κ3) is 8.17. The summed E-state index contributed by atoms with van der Waals surface area (Å²) in [5.41, 5.74) is 3.58. The van der Waals surface area contributed by atoms with Crippen molar-refractivity contribution >= 4 is 29.9 Å². The zero-order valence-corrected chi connectivity index (χ0v) is 18.7. The number of benzene rings is 2. The van der Waals surface area contributed by atoms with E-state index in [2.05, 4.69) is 46.0 Å². The van der Waals surface area contributed by atoms with Crippen LogP contribution in [0.1, 0.15) is 23.6 Å². The van der Waals surface area contributed by atoms with Crippen LogP contribution in [0.5, 0.6) is 5.75 Å². The van der Waals surface area contributed by atoms with Crippen LogP contribution >= 0.6 is 24.0 Å². The van der Waals surface area contributed by atoms with E-state index in [9.17, 15) is 0 Å². The predicted octanol–water partition coefficient (Wildman–Crippen LogP) is 3.76. The molecule has 0 amide bonds. The molecule has 0 aromatic heterocycles. The van der Waals surface area contributed by atoms with E-state index in [0.717, 1.165) is 37.8 Å². The molecule has 0 saturated heterocycles. The number of hydrogen-bond acceptors (Lipinski definition) is 3. The number of rotatable bonds is 9. The molecule has 5 nitrogen and oxygen atoms in total.